The molecule has 1 fully saturated rings. The molecule has 3 heteroatoms. The van der Waals surface area contributed by atoms with Crippen LogP contribution in [0, 0.1) is 11.3 Å². The molecule has 0 atom stereocenters. The summed E-state index contributed by atoms with van der Waals surface area (Å²) >= 11 is 12.2. The first kappa shape index (κ1) is 14.3. The Balaban J connectivity index is 2.71. The van der Waals surface area contributed by atoms with Crippen molar-refractivity contribution in [2.45, 2.75) is 56.4 Å². The Morgan fingerprint density at radius 2 is 1.69 bits per heavy atom. The molecule has 0 aromatic heterocycles. The van der Waals surface area contributed by atoms with E-state index in [2.05, 4.69) is 27.4 Å². The Morgan fingerprint density at radius 1 is 1.25 bits per heavy atom. The summed E-state index contributed by atoms with van der Waals surface area (Å²) in [5.41, 5.74) is -0.726. The Morgan fingerprint density at radius 3 is 2.00 bits per heavy atom. The highest BCUT2D eigenvalue weighted by Gasteiger charge is 2.49. The predicted octanol–water partition coefficient (Wildman–Crippen LogP) is 4.31. The first-order valence-corrected chi connectivity index (χ1v) is 6.62. The normalized spacial score (nSPS) is 32.5. The van der Waals surface area contributed by atoms with E-state index < -0.39 is 9.93 Å². The minimum Gasteiger partial charge on any atom is -0.386 e. The van der Waals surface area contributed by atoms with Crippen LogP contribution in [-0.2, 0) is 0 Å². The predicted molar refractivity (Wildman–Crippen MR) is 71.0 cm³/mol. The van der Waals surface area contributed by atoms with Gasteiger partial charge in [-0.15, -0.1) is 6.58 Å². The average Bonchev–Trinajstić information content (AvgIpc) is 2.16. The zero-order valence-corrected chi connectivity index (χ0v) is 11.9. The molecule has 0 aliphatic heterocycles. The number of rotatable bonds is 2. The fraction of sp³-hybridized carbons (Fsp3) is 0.846. The van der Waals surface area contributed by atoms with Gasteiger partial charge >= 0.3 is 0 Å². The van der Waals surface area contributed by atoms with Crippen molar-refractivity contribution >= 4 is 23.2 Å². The van der Waals surface area contributed by atoms with E-state index in [4.69, 9.17) is 23.2 Å². The average molecular weight is 265 g/mol. The fourth-order valence-electron chi connectivity index (χ4n) is 2.48. The molecule has 0 heterocycles. The van der Waals surface area contributed by atoms with Crippen molar-refractivity contribution in [2.24, 2.45) is 11.3 Å². The largest absolute Gasteiger partial charge is 0.386 e. The van der Waals surface area contributed by atoms with Crippen molar-refractivity contribution in [3.05, 3.63) is 12.7 Å². The van der Waals surface area contributed by atoms with Crippen molar-refractivity contribution in [1.29, 1.82) is 0 Å². The van der Waals surface area contributed by atoms with Crippen molar-refractivity contribution in [3.8, 4) is 0 Å². The van der Waals surface area contributed by atoms with E-state index in [9.17, 15) is 5.11 Å². The highest BCUT2D eigenvalue weighted by Crippen LogP contribution is 2.49. The van der Waals surface area contributed by atoms with Gasteiger partial charge in [-0.05, 0) is 37.0 Å². The second-order valence-corrected chi connectivity index (χ2v) is 7.38. The first-order chi connectivity index (χ1) is 7.12. The van der Waals surface area contributed by atoms with E-state index in [1.54, 1.807) is 0 Å². The van der Waals surface area contributed by atoms with Crippen LogP contribution in [0.15, 0.2) is 12.7 Å². The van der Waals surface area contributed by atoms with Gasteiger partial charge < -0.3 is 5.11 Å². The van der Waals surface area contributed by atoms with Gasteiger partial charge in [-0.3, -0.25) is 0 Å². The zero-order valence-electron chi connectivity index (χ0n) is 10.4. The topological polar surface area (TPSA) is 20.2 Å². The molecule has 0 radical (unpaired) electrons. The Bertz CT molecular complexity index is 258. The molecular weight excluding hydrogens is 243 g/mol. The number of halogens is 2. The van der Waals surface area contributed by atoms with E-state index in [1.807, 2.05) is 0 Å². The molecule has 1 aliphatic rings. The van der Waals surface area contributed by atoms with E-state index >= 15 is 0 Å². The van der Waals surface area contributed by atoms with Crippen LogP contribution in [0.4, 0.5) is 0 Å². The summed E-state index contributed by atoms with van der Waals surface area (Å²) in [5.74, 6) is 0.627. The lowest BCUT2D eigenvalue weighted by Gasteiger charge is -2.45. The molecule has 1 saturated carbocycles. The van der Waals surface area contributed by atoms with Gasteiger partial charge in [-0.2, -0.15) is 0 Å². The molecule has 1 N–H and O–H groups in total. The summed E-state index contributed by atoms with van der Waals surface area (Å²) in [6.07, 6.45) is 4.67. The van der Waals surface area contributed by atoms with Gasteiger partial charge in [0, 0.05) is 0 Å². The molecule has 16 heavy (non-hydrogen) atoms. The molecule has 0 unspecified atom stereocenters. The smallest absolute Gasteiger partial charge is 0.164 e. The third-order valence-corrected chi connectivity index (χ3v) is 4.93. The van der Waals surface area contributed by atoms with Gasteiger partial charge in [0.05, 0.1) is 0 Å². The van der Waals surface area contributed by atoms with Crippen LogP contribution in [0.5, 0.6) is 0 Å². The van der Waals surface area contributed by atoms with Crippen molar-refractivity contribution < 1.29 is 5.11 Å². The molecule has 0 saturated heterocycles. The van der Waals surface area contributed by atoms with Crippen LogP contribution in [-0.4, -0.2) is 15.0 Å². The molecule has 0 amide bonds. The first-order valence-electron chi connectivity index (χ1n) is 5.86. The van der Waals surface area contributed by atoms with E-state index in [1.165, 1.54) is 6.08 Å². The minimum absolute atomic E-state index is 0.288. The molecule has 1 nitrogen and oxygen atoms in total. The van der Waals surface area contributed by atoms with Crippen molar-refractivity contribution in [3.63, 3.8) is 0 Å². The standard InChI is InChI=1S/C13H22Cl2O/c1-5-13(14,15)12(16)8-6-10(7-9-12)11(2,3)4/h5,10,16H,1,6-9H2,2-4H3. The minimum atomic E-state index is -1.23. The third kappa shape index (κ3) is 2.75. The van der Waals surface area contributed by atoms with Crippen LogP contribution in [0.3, 0.4) is 0 Å². The van der Waals surface area contributed by atoms with Gasteiger partial charge in [0.15, 0.2) is 4.33 Å². The van der Waals surface area contributed by atoms with Crippen LogP contribution in [0.2, 0.25) is 0 Å². The molecule has 0 bridgehead atoms. The summed E-state index contributed by atoms with van der Waals surface area (Å²) in [4.78, 5) is 0. The molecule has 0 aromatic carbocycles. The lowest BCUT2D eigenvalue weighted by Crippen LogP contribution is -2.48. The number of hydrogen-bond donors (Lipinski definition) is 1. The summed E-state index contributed by atoms with van der Waals surface area (Å²) < 4.78 is -1.23. The molecule has 0 spiro atoms. The molecule has 1 rings (SSSR count). The number of hydrogen-bond acceptors (Lipinski definition) is 1. The zero-order chi connectivity index (χ0) is 12.6. The maximum atomic E-state index is 10.4. The van der Waals surface area contributed by atoms with Gasteiger partial charge in [-0.25, -0.2) is 0 Å². The summed E-state index contributed by atoms with van der Waals surface area (Å²) in [6, 6.07) is 0. The Hall–Kier alpha value is 0.280. The lowest BCUT2D eigenvalue weighted by atomic mass is 9.67. The van der Waals surface area contributed by atoms with Crippen molar-refractivity contribution in [1.82, 2.24) is 0 Å². The monoisotopic (exact) mass is 264 g/mol. The van der Waals surface area contributed by atoms with Crippen LogP contribution in [0.25, 0.3) is 0 Å². The Kier molecular flexibility index (Phi) is 4.04. The summed E-state index contributed by atoms with van der Waals surface area (Å²) in [6.45, 7) is 10.3. The summed E-state index contributed by atoms with van der Waals surface area (Å²) in [5, 5.41) is 10.4. The molecule has 1 aliphatic carbocycles. The maximum absolute atomic E-state index is 10.4. The molecule has 0 aromatic rings. The summed E-state index contributed by atoms with van der Waals surface area (Å²) in [7, 11) is 0. The fourth-order valence-corrected chi connectivity index (χ4v) is 2.86. The van der Waals surface area contributed by atoms with E-state index in [0.29, 0.717) is 18.8 Å². The van der Waals surface area contributed by atoms with E-state index in [-0.39, 0.29) is 5.41 Å². The van der Waals surface area contributed by atoms with Crippen LogP contribution >= 0.6 is 23.2 Å². The van der Waals surface area contributed by atoms with Crippen LogP contribution < -0.4 is 0 Å². The second-order valence-electron chi connectivity index (χ2n) is 6.00. The number of aliphatic hydroxyl groups is 1. The van der Waals surface area contributed by atoms with E-state index in [0.717, 1.165) is 12.8 Å². The quantitative estimate of drug-likeness (QED) is 0.582. The highest BCUT2D eigenvalue weighted by molar-refractivity contribution is 6.50. The Labute approximate surface area is 109 Å². The third-order valence-electron chi connectivity index (χ3n) is 3.91. The molecule has 94 valence electrons. The highest BCUT2D eigenvalue weighted by atomic mass is 35.5. The van der Waals surface area contributed by atoms with Gasteiger partial charge in [-0.1, -0.05) is 50.0 Å². The van der Waals surface area contributed by atoms with Gasteiger partial charge in [0.1, 0.15) is 5.60 Å². The second kappa shape index (κ2) is 4.51. The van der Waals surface area contributed by atoms with Crippen LogP contribution in [0.1, 0.15) is 46.5 Å². The van der Waals surface area contributed by atoms with Gasteiger partial charge in [0.2, 0.25) is 0 Å². The maximum Gasteiger partial charge on any atom is 0.164 e. The SMILES string of the molecule is C=CC(Cl)(Cl)C1(O)CCC(C(C)(C)C)CC1. The lowest BCUT2D eigenvalue weighted by molar-refractivity contribution is -0.0283. The molecular formula is C13H22Cl2O. The number of alkyl halides is 2. The van der Waals surface area contributed by atoms with Gasteiger partial charge in [0.25, 0.3) is 0 Å². The van der Waals surface area contributed by atoms with Crippen molar-refractivity contribution in [2.75, 3.05) is 0 Å².